The van der Waals surface area contributed by atoms with Gasteiger partial charge in [-0.05, 0) is 25.0 Å². The van der Waals surface area contributed by atoms with Crippen molar-refractivity contribution in [1.82, 2.24) is 0 Å². The summed E-state index contributed by atoms with van der Waals surface area (Å²) in [6.45, 7) is 1.66. The van der Waals surface area contributed by atoms with Crippen LogP contribution in [0.2, 0.25) is 0 Å². The van der Waals surface area contributed by atoms with Crippen molar-refractivity contribution in [2.45, 2.75) is 77.5 Å². The molecule has 0 unspecified atom stereocenters. The Balaban J connectivity index is 2.24. The molecule has 0 radical (unpaired) electrons. The lowest BCUT2D eigenvalue weighted by atomic mass is 10.1. The normalized spacial score (nSPS) is 11.3. The summed E-state index contributed by atoms with van der Waals surface area (Å²) in [4.78, 5) is 23.3. The lowest BCUT2D eigenvalue weighted by Crippen LogP contribution is -2.14. The quantitative estimate of drug-likeness (QED) is 0.224. The number of ether oxygens (including phenoxy) is 2. The van der Waals surface area contributed by atoms with Gasteiger partial charge >= 0.3 is 18.1 Å². The van der Waals surface area contributed by atoms with Gasteiger partial charge in [-0.2, -0.15) is 13.2 Å². The van der Waals surface area contributed by atoms with E-state index in [1.165, 1.54) is 19.3 Å². The number of esters is 2. The number of unbranched alkanes of at least 4 members (excludes halogenated alkanes) is 5. The van der Waals surface area contributed by atoms with E-state index in [4.69, 9.17) is 9.47 Å². The molecule has 0 atom stereocenters. The van der Waals surface area contributed by atoms with Gasteiger partial charge in [0.25, 0.3) is 0 Å². The van der Waals surface area contributed by atoms with Crippen molar-refractivity contribution < 1.29 is 36.6 Å². The van der Waals surface area contributed by atoms with Gasteiger partial charge in [-0.3, -0.25) is 9.59 Å². The van der Waals surface area contributed by atoms with Crippen LogP contribution in [0, 0.1) is 5.82 Å². The molecular formula is C21H28F4O4. The Bertz CT molecular complexity index is 644. The molecule has 1 aromatic carbocycles. The lowest BCUT2D eigenvalue weighted by Gasteiger charge is -2.13. The fraction of sp³-hybridized carbons (Fsp3) is 0.619. The molecule has 0 aromatic heterocycles. The number of alkyl halides is 3. The van der Waals surface area contributed by atoms with Gasteiger partial charge in [-0.25, -0.2) is 4.39 Å². The third-order valence-corrected chi connectivity index (χ3v) is 4.32. The van der Waals surface area contributed by atoms with E-state index in [0.29, 0.717) is 6.61 Å². The van der Waals surface area contributed by atoms with E-state index in [1.807, 2.05) is 0 Å². The summed E-state index contributed by atoms with van der Waals surface area (Å²) < 4.78 is 62.1. The lowest BCUT2D eigenvalue weighted by molar-refractivity contribution is -0.148. The molecule has 0 aliphatic rings. The molecule has 0 heterocycles. The summed E-state index contributed by atoms with van der Waals surface area (Å²) in [5, 5.41) is 0. The van der Waals surface area contributed by atoms with Crippen LogP contribution in [-0.2, 0) is 31.8 Å². The second-order valence-corrected chi connectivity index (χ2v) is 6.77. The molecule has 164 valence electrons. The molecule has 1 aromatic rings. The van der Waals surface area contributed by atoms with Gasteiger partial charge in [0.2, 0.25) is 0 Å². The molecule has 8 heteroatoms. The molecule has 29 heavy (non-hydrogen) atoms. The van der Waals surface area contributed by atoms with Crippen LogP contribution < -0.4 is 0 Å². The smallest absolute Gasteiger partial charge is 0.416 e. The highest BCUT2D eigenvalue weighted by molar-refractivity contribution is 5.72. The Labute approximate surface area is 168 Å². The number of benzene rings is 1. The van der Waals surface area contributed by atoms with Crippen LogP contribution in [-0.4, -0.2) is 18.5 Å². The molecule has 0 saturated heterocycles. The highest BCUT2D eigenvalue weighted by atomic mass is 19.4. The molecule has 0 aliphatic heterocycles. The minimum absolute atomic E-state index is 0.0123. The molecular weight excluding hydrogens is 392 g/mol. The number of carbonyl (C=O) groups is 2. The molecule has 0 amide bonds. The van der Waals surface area contributed by atoms with Crippen LogP contribution in [0.5, 0.6) is 0 Å². The van der Waals surface area contributed by atoms with E-state index in [0.717, 1.165) is 37.5 Å². The zero-order valence-electron chi connectivity index (χ0n) is 16.7. The summed E-state index contributed by atoms with van der Waals surface area (Å²) in [6.07, 6.45) is 1.68. The Kier molecular flexibility index (Phi) is 11.3. The van der Waals surface area contributed by atoms with Gasteiger partial charge in [-0.15, -0.1) is 0 Å². The van der Waals surface area contributed by atoms with Crippen molar-refractivity contribution in [2.24, 2.45) is 0 Å². The van der Waals surface area contributed by atoms with Crippen LogP contribution in [0.15, 0.2) is 18.2 Å². The zero-order valence-corrected chi connectivity index (χ0v) is 16.7. The summed E-state index contributed by atoms with van der Waals surface area (Å²) >= 11 is 0. The summed E-state index contributed by atoms with van der Waals surface area (Å²) in [6, 6.07) is 2.55. The van der Waals surface area contributed by atoms with Crippen LogP contribution in [0.3, 0.4) is 0 Å². The highest BCUT2D eigenvalue weighted by Crippen LogP contribution is 2.33. The molecule has 0 aliphatic carbocycles. The maximum Gasteiger partial charge on any atom is 0.416 e. The molecule has 1 rings (SSSR count). The average molecular weight is 420 g/mol. The van der Waals surface area contributed by atoms with Crippen LogP contribution in [0.4, 0.5) is 17.6 Å². The number of halogens is 4. The van der Waals surface area contributed by atoms with Gasteiger partial charge in [-0.1, -0.05) is 45.1 Å². The third kappa shape index (κ3) is 10.3. The van der Waals surface area contributed by atoms with Gasteiger partial charge in [0.15, 0.2) is 0 Å². The predicted molar refractivity (Wildman–Crippen MR) is 99.4 cm³/mol. The fourth-order valence-electron chi connectivity index (χ4n) is 2.71. The number of rotatable bonds is 13. The summed E-state index contributed by atoms with van der Waals surface area (Å²) in [7, 11) is 0. The van der Waals surface area contributed by atoms with Crippen molar-refractivity contribution in [3.05, 3.63) is 35.1 Å². The fourth-order valence-corrected chi connectivity index (χ4v) is 2.71. The van der Waals surface area contributed by atoms with Crippen LogP contribution >= 0.6 is 0 Å². The van der Waals surface area contributed by atoms with Gasteiger partial charge in [0, 0.05) is 18.4 Å². The van der Waals surface area contributed by atoms with Gasteiger partial charge in [0.05, 0.1) is 12.2 Å². The summed E-state index contributed by atoms with van der Waals surface area (Å²) in [5.74, 6) is -2.32. The maximum atomic E-state index is 13.7. The Hall–Kier alpha value is -2.12. The standard InChI is InChI=1S/C21H28F4O4/c1-2-3-4-5-6-7-14-28-19(26)12-9-13-20(27)29-15-16-17(21(23,24)25)10-8-11-18(16)22/h8,10-11H,2-7,9,12-15H2,1H3. The van der Waals surface area contributed by atoms with Crippen molar-refractivity contribution >= 4 is 11.9 Å². The van der Waals surface area contributed by atoms with Crippen LogP contribution in [0.1, 0.15) is 75.8 Å². The van der Waals surface area contributed by atoms with Crippen molar-refractivity contribution in [2.75, 3.05) is 6.61 Å². The SMILES string of the molecule is CCCCCCCCOC(=O)CCCC(=O)OCc1c(F)cccc1C(F)(F)F. The first-order valence-corrected chi connectivity index (χ1v) is 9.91. The monoisotopic (exact) mass is 420 g/mol. The van der Waals surface area contributed by atoms with E-state index in [9.17, 15) is 27.2 Å². The first-order chi connectivity index (χ1) is 13.8. The first kappa shape index (κ1) is 24.9. The predicted octanol–water partition coefficient (Wildman–Crippen LogP) is 5.96. The molecule has 0 spiro atoms. The van der Waals surface area contributed by atoms with E-state index in [2.05, 4.69) is 6.92 Å². The third-order valence-electron chi connectivity index (χ3n) is 4.32. The van der Waals surface area contributed by atoms with E-state index in [1.54, 1.807) is 0 Å². The number of hydrogen-bond acceptors (Lipinski definition) is 4. The Morgan fingerprint density at radius 1 is 0.897 bits per heavy atom. The topological polar surface area (TPSA) is 52.6 Å². The zero-order chi connectivity index (χ0) is 21.7. The molecule has 4 nitrogen and oxygen atoms in total. The Morgan fingerprint density at radius 3 is 2.17 bits per heavy atom. The van der Waals surface area contributed by atoms with E-state index >= 15 is 0 Å². The van der Waals surface area contributed by atoms with Crippen molar-refractivity contribution in [3.8, 4) is 0 Å². The largest absolute Gasteiger partial charge is 0.466 e. The average Bonchev–Trinajstić information content (AvgIpc) is 2.65. The van der Waals surface area contributed by atoms with Gasteiger partial charge < -0.3 is 9.47 Å². The minimum atomic E-state index is -4.75. The second-order valence-electron chi connectivity index (χ2n) is 6.77. The first-order valence-electron chi connectivity index (χ1n) is 9.91. The second kappa shape index (κ2) is 13.2. The van der Waals surface area contributed by atoms with E-state index < -0.39 is 41.7 Å². The molecule has 0 fully saturated rings. The van der Waals surface area contributed by atoms with Gasteiger partial charge in [0.1, 0.15) is 12.4 Å². The van der Waals surface area contributed by atoms with Crippen molar-refractivity contribution in [3.63, 3.8) is 0 Å². The number of carbonyl (C=O) groups excluding carboxylic acids is 2. The number of hydrogen-bond donors (Lipinski definition) is 0. The summed E-state index contributed by atoms with van der Waals surface area (Å²) in [5.41, 5.74) is -1.89. The minimum Gasteiger partial charge on any atom is -0.466 e. The highest BCUT2D eigenvalue weighted by Gasteiger charge is 2.34. The van der Waals surface area contributed by atoms with Crippen LogP contribution in [0.25, 0.3) is 0 Å². The molecule has 0 saturated carbocycles. The van der Waals surface area contributed by atoms with E-state index in [-0.39, 0.29) is 19.3 Å². The Morgan fingerprint density at radius 2 is 1.52 bits per heavy atom. The van der Waals surface area contributed by atoms with Crippen molar-refractivity contribution in [1.29, 1.82) is 0 Å². The molecule has 0 N–H and O–H groups in total. The molecule has 0 bridgehead atoms. The maximum absolute atomic E-state index is 13.7.